The first kappa shape index (κ1) is 16.3. The number of hydrogen-bond acceptors (Lipinski definition) is 3. The van der Waals surface area contributed by atoms with Crippen LogP contribution in [0.1, 0.15) is 0 Å². The molecule has 0 aliphatic heterocycles. The van der Waals surface area contributed by atoms with Crippen LogP contribution in [0.4, 0.5) is 4.79 Å². The third-order valence-corrected chi connectivity index (χ3v) is 1.50. The fraction of sp³-hybridized carbons (Fsp3) is 0.667. The van der Waals surface area contributed by atoms with Gasteiger partial charge in [0.05, 0.1) is 0 Å². The molecule has 0 atom stereocenters. The van der Waals surface area contributed by atoms with Gasteiger partial charge in [0.25, 0.3) is 0 Å². The molecule has 0 saturated carbocycles. The third kappa shape index (κ3) is 147. The molecule has 0 amide bonds. The first-order chi connectivity index (χ1) is 3.65. The number of carboxylic acid groups (broad SMARTS) is 2. The van der Waals surface area contributed by atoms with Crippen LogP contribution in [0, 0.1) is 0 Å². The molecule has 0 aliphatic carbocycles. The average molecular weight is 222 g/mol. The van der Waals surface area contributed by atoms with Crippen LogP contribution < -0.4 is 0 Å². The Morgan fingerprint density at radius 1 is 1.22 bits per heavy atom. The van der Waals surface area contributed by atoms with Gasteiger partial charge in [0.15, 0.2) is 0 Å². The van der Waals surface area contributed by atoms with Crippen LogP contribution in [0.5, 0.6) is 0 Å². The molecule has 0 heterocycles. The van der Waals surface area contributed by atoms with E-state index in [2.05, 4.69) is 12.5 Å². The number of hydrogen-bond donors (Lipinski definition) is 2. The zero-order valence-corrected chi connectivity index (χ0v) is 9.93. The van der Waals surface area contributed by atoms with E-state index in [1.165, 1.54) is 0 Å². The Bertz CT molecular complexity index is 55.0. The summed E-state index contributed by atoms with van der Waals surface area (Å²) in [6, 6.07) is 0. The van der Waals surface area contributed by atoms with Crippen LogP contribution in [-0.4, -0.2) is 28.9 Å². The summed E-state index contributed by atoms with van der Waals surface area (Å²) in [6.07, 6.45) is 2.29. The van der Waals surface area contributed by atoms with Crippen molar-refractivity contribution < 1.29 is 34.5 Å². The van der Waals surface area contributed by atoms with E-state index < -0.39 is 6.16 Å². The van der Waals surface area contributed by atoms with Gasteiger partial charge in [0.2, 0.25) is 0 Å². The second kappa shape index (κ2) is 15.8. The van der Waals surface area contributed by atoms with E-state index in [0.29, 0.717) is 0 Å². The molecular formula is C3H8O3S2Zn. The van der Waals surface area contributed by atoms with Crippen molar-refractivity contribution in [3.63, 3.8) is 0 Å². The largest absolute Gasteiger partial charge is 0.503 e. The molecule has 0 aliphatic rings. The summed E-state index contributed by atoms with van der Waals surface area (Å²) >= 11 is 0. The third-order valence-electron chi connectivity index (χ3n) is 0.167. The van der Waals surface area contributed by atoms with Crippen LogP contribution in [0.3, 0.4) is 0 Å². The maximum absolute atomic E-state index is 8.56. The molecule has 0 bridgehead atoms. The molecule has 2 N–H and O–H groups in total. The van der Waals surface area contributed by atoms with Gasteiger partial charge in [-0.25, -0.2) is 4.79 Å². The van der Waals surface area contributed by atoms with Crippen molar-refractivity contribution in [1.29, 1.82) is 0 Å². The quantitative estimate of drug-likeness (QED) is 0.523. The Kier molecular flexibility index (Phi) is 28.7. The number of rotatable bonds is 1. The van der Waals surface area contributed by atoms with Crippen molar-refractivity contribution in [2.24, 2.45) is 0 Å². The summed E-state index contributed by atoms with van der Waals surface area (Å²) in [4.78, 5) is 8.56. The second-order valence-corrected chi connectivity index (χ2v) is 3.28. The minimum atomic E-state index is -1.83. The van der Waals surface area contributed by atoms with E-state index in [-0.39, 0.29) is 19.5 Å². The van der Waals surface area contributed by atoms with Gasteiger partial charge in [-0.3, -0.25) is 0 Å². The monoisotopic (exact) mass is 220 g/mol. The van der Waals surface area contributed by atoms with Crippen molar-refractivity contribution in [2.75, 3.05) is 12.5 Å². The molecule has 0 aromatic heterocycles. The average Bonchev–Trinajstić information content (AvgIpc) is 1.65. The van der Waals surface area contributed by atoms with E-state index >= 15 is 0 Å². The minimum Gasteiger partial charge on any atom is -0.450 e. The van der Waals surface area contributed by atoms with Crippen molar-refractivity contribution in [1.82, 2.24) is 0 Å². The predicted octanol–water partition coefficient (Wildman–Crippen LogP) is 1.85. The fourth-order valence-electron chi connectivity index (χ4n) is 0. The van der Waals surface area contributed by atoms with E-state index in [1.807, 2.05) is 0 Å². The van der Waals surface area contributed by atoms with Gasteiger partial charge < -0.3 is 10.2 Å². The van der Waals surface area contributed by atoms with Crippen LogP contribution in [-0.2, 0) is 19.5 Å². The summed E-state index contributed by atoms with van der Waals surface area (Å²) in [5, 5.41) is 13.9. The van der Waals surface area contributed by atoms with Gasteiger partial charge in [-0.05, 0) is 12.5 Å². The normalized spacial score (nSPS) is 6.00. The topological polar surface area (TPSA) is 57.5 Å². The van der Waals surface area contributed by atoms with Crippen LogP contribution in [0.25, 0.3) is 0 Å². The van der Waals surface area contributed by atoms with Gasteiger partial charge in [-0.15, -0.1) is 0 Å². The second-order valence-electron chi connectivity index (χ2n) is 0.616. The molecular weight excluding hydrogens is 214 g/mol. The van der Waals surface area contributed by atoms with Crippen molar-refractivity contribution >= 4 is 27.7 Å². The zero-order chi connectivity index (χ0) is 6.99. The Labute approximate surface area is 74.8 Å². The maximum Gasteiger partial charge on any atom is 0.503 e. The molecule has 52 valence electrons. The molecule has 0 rings (SSSR count). The molecule has 6 heteroatoms. The molecule has 0 fully saturated rings. The molecule has 0 unspecified atom stereocenters. The molecule has 9 heavy (non-hydrogen) atoms. The fourth-order valence-corrected chi connectivity index (χ4v) is 0. The van der Waals surface area contributed by atoms with Crippen molar-refractivity contribution in [3.8, 4) is 0 Å². The van der Waals surface area contributed by atoms with Crippen molar-refractivity contribution in [2.45, 2.75) is 0 Å². The Morgan fingerprint density at radius 3 is 1.33 bits per heavy atom. The Morgan fingerprint density at radius 2 is 1.33 bits per heavy atom. The molecule has 0 spiro atoms. The molecule has 0 aromatic rings. The molecule has 0 radical (unpaired) electrons. The van der Waals surface area contributed by atoms with E-state index in [9.17, 15) is 0 Å². The van der Waals surface area contributed by atoms with Crippen LogP contribution in [0.15, 0.2) is 0 Å². The maximum atomic E-state index is 8.56. The first-order valence-corrected chi connectivity index (χ1v) is 4.60. The zero-order valence-electron chi connectivity index (χ0n) is 5.33. The van der Waals surface area contributed by atoms with Gasteiger partial charge in [-0.1, -0.05) is 21.6 Å². The summed E-state index contributed by atoms with van der Waals surface area (Å²) in [7, 11) is 3.55. The van der Waals surface area contributed by atoms with Gasteiger partial charge in [-0.2, -0.15) is 0 Å². The molecule has 0 saturated heterocycles. The molecule has 3 nitrogen and oxygen atoms in total. The molecule has 0 aromatic carbocycles. The smallest absolute Gasteiger partial charge is 0.450 e. The summed E-state index contributed by atoms with van der Waals surface area (Å²) in [6.45, 7) is 0. The minimum absolute atomic E-state index is 0. The van der Waals surface area contributed by atoms with Crippen LogP contribution in [0.2, 0.25) is 0 Å². The Balaban J connectivity index is -0.0000000720. The summed E-state index contributed by atoms with van der Waals surface area (Å²) in [5.41, 5.74) is 0. The van der Waals surface area contributed by atoms with Gasteiger partial charge in [0.1, 0.15) is 0 Å². The summed E-state index contributed by atoms with van der Waals surface area (Å²) < 4.78 is 0. The SMILES string of the molecule is CSSC.O=C(O)O.[Zn]. The van der Waals surface area contributed by atoms with Crippen LogP contribution >= 0.6 is 21.6 Å². The summed E-state index contributed by atoms with van der Waals surface area (Å²) in [5.74, 6) is 0. The Hall–Kier alpha value is 0.593. The van der Waals surface area contributed by atoms with E-state index in [1.54, 1.807) is 21.6 Å². The van der Waals surface area contributed by atoms with Gasteiger partial charge in [0, 0.05) is 19.5 Å². The van der Waals surface area contributed by atoms with Crippen molar-refractivity contribution in [3.05, 3.63) is 0 Å². The van der Waals surface area contributed by atoms with E-state index in [4.69, 9.17) is 15.0 Å². The van der Waals surface area contributed by atoms with E-state index in [0.717, 1.165) is 0 Å². The van der Waals surface area contributed by atoms with Gasteiger partial charge >= 0.3 is 6.16 Å². The standard InChI is InChI=1S/C2H6S2.CH2O3.Zn/c1-3-4-2;2-1(3)4;/h1-2H3;(H2,2,3,4);. The number of carbonyl (C=O) groups is 1. The predicted molar refractivity (Wildman–Crippen MR) is 37.7 cm³/mol. The first-order valence-electron chi connectivity index (χ1n) is 1.63.